The van der Waals surface area contributed by atoms with Gasteiger partial charge in [0.25, 0.3) is 0 Å². The predicted octanol–water partition coefficient (Wildman–Crippen LogP) is 5.12. The van der Waals surface area contributed by atoms with Gasteiger partial charge in [-0.1, -0.05) is 13.8 Å². The third-order valence-electron chi connectivity index (χ3n) is 5.29. The van der Waals surface area contributed by atoms with Gasteiger partial charge in [-0.25, -0.2) is 4.79 Å². The molecule has 1 aliphatic heterocycles. The molecule has 0 spiro atoms. The van der Waals surface area contributed by atoms with Crippen molar-refractivity contribution in [1.82, 2.24) is 0 Å². The molecule has 30 heavy (non-hydrogen) atoms. The number of carbonyl (C=O) groups is 2. The van der Waals surface area contributed by atoms with Crippen molar-refractivity contribution in [3.05, 3.63) is 38.2 Å². The first kappa shape index (κ1) is 23.4. The van der Waals surface area contributed by atoms with Crippen molar-refractivity contribution in [3.63, 3.8) is 0 Å². The molecule has 0 aliphatic carbocycles. The summed E-state index contributed by atoms with van der Waals surface area (Å²) in [5, 5.41) is 11.4. The summed E-state index contributed by atoms with van der Waals surface area (Å²) < 4.78 is 11.7. The zero-order valence-electron chi connectivity index (χ0n) is 19.1. The lowest BCUT2D eigenvalue weighted by Crippen LogP contribution is -2.32. The van der Waals surface area contributed by atoms with Crippen molar-refractivity contribution in [2.45, 2.75) is 67.9 Å². The van der Waals surface area contributed by atoms with Crippen molar-refractivity contribution >= 4 is 28.6 Å². The SMILES string of the molecule is CC(C)=O.CC1=Cc2c(O)c(C(=O)C(C)C)c3oc(=O)c(C)c(C)c3c2OC1(C)C. The van der Waals surface area contributed by atoms with E-state index in [4.69, 9.17) is 9.15 Å². The molecule has 0 fully saturated rings. The quantitative estimate of drug-likeness (QED) is 0.541. The van der Waals surface area contributed by atoms with Gasteiger partial charge in [-0.2, -0.15) is 0 Å². The Balaban J connectivity index is 0.000000735. The van der Waals surface area contributed by atoms with Crippen LogP contribution in [0.1, 0.15) is 75.5 Å². The zero-order valence-corrected chi connectivity index (χ0v) is 19.1. The van der Waals surface area contributed by atoms with E-state index < -0.39 is 11.2 Å². The second-order valence-corrected chi connectivity index (χ2v) is 8.68. The van der Waals surface area contributed by atoms with E-state index in [1.165, 1.54) is 13.8 Å². The minimum absolute atomic E-state index is 0.0429. The Morgan fingerprint density at radius 2 is 1.60 bits per heavy atom. The van der Waals surface area contributed by atoms with E-state index in [1.54, 1.807) is 27.7 Å². The molecule has 2 heterocycles. The molecule has 0 saturated heterocycles. The van der Waals surface area contributed by atoms with Gasteiger partial charge in [0.1, 0.15) is 28.4 Å². The van der Waals surface area contributed by atoms with Gasteiger partial charge >= 0.3 is 5.63 Å². The topological polar surface area (TPSA) is 93.8 Å². The number of Topliss-reactive ketones (excluding diaryl/α,β-unsaturated/α-hetero) is 2. The summed E-state index contributed by atoms with van der Waals surface area (Å²) in [6.45, 7) is 15.8. The van der Waals surface area contributed by atoms with E-state index in [2.05, 4.69) is 0 Å². The van der Waals surface area contributed by atoms with E-state index in [0.29, 0.717) is 27.8 Å². The highest BCUT2D eigenvalue weighted by molar-refractivity contribution is 6.13. The Hall–Kier alpha value is -2.89. The van der Waals surface area contributed by atoms with Crippen molar-refractivity contribution in [1.29, 1.82) is 0 Å². The average Bonchev–Trinajstić information content (AvgIpc) is 2.60. The van der Waals surface area contributed by atoms with E-state index >= 15 is 0 Å². The van der Waals surface area contributed by atoms with Crippen LogP contribution in [-0.4, -0.2) is 22.3 Å². The van der Waals surface area contributed by atoms with Crippen LogP contribution in [0, 0.1) is 19.8 Å². The molecule has 162 valence electrons. The van der Waals surface area contributed by atoms with E-state index in [0.717, 1.165) is 5.57 Å². The Bertz CT molecular complexity index is 1130. The van der Waals surface area contributed by atoms with Gasteiger partial charge in [0, 0.05) is 11.5 Å². The first-order valence-electron chi connectivity index (χ1n) is 9.92. The number of fused-ring (bicyclic) bond motifs is 3. The molecule has 0 bridgehead atoms. The fourth-order valence-electron chi connectivity index (χ4n) is 3.15. The highest BCUT2D eigenvalue weighted by Crippen LogP contribution is 2.48. The second-order valence-electron chi connectivity index (χ2n) is 8.68. The number of carbonyl (C=O) groups excluding carboxylic acids is 2. The molecule has 6 nitrogen and oxygen atoms in total. The summed E-state index contributed by atoms with van der Waals surface area (Å²) in [5.41, 5.74) is 1.57. The normalized spacial score (nSPS) is 14.4. The number of aryl methyl sites for hydroxylation is 1. The van der Waals surface area contributed by atoms with Crippen LogP contribution in [0.5, 0.6) is 11.5 Å². The van der Waals surface area contributed by atoms with Gasteiger partial charge in [0.2, 0.25) is 0 Å². The monoisotopic (exact) mass is 414 g/mol. The summed E-state index contributed by atoms with van der Waals surface area (Å²) in [5.74, 6) is -0.233. The first-order valence-corrected chi connectivity index (χ1v) is 9.92. The predicted molar refractivity (Wildman–Crippen MR) is 118 cm³/mol. The van der Waals surface area contributed by atoms with Crippen molar-refractivity contribution in [2.24, 2.45) is 5.92 Å². The number of hydrogen-bond donors (Lipinski definition) is 1. The number of ketones is 2. The largest absolute Gasteiger partial charge is 0.506 e. The lowest BCUT2D eigenvalue weighted by molar-refractivity contribution is -0.115. The molecule has 1 aliphatic rings. The minimum Gasteiger partial charge on any atom is -0.506 e. The highest BCUT2D eigenvalue weighted by Gasteiger charge is 2.35. The Morgan fingerprint density at radius 3 is 2.10 bits per heavy atom. The molecule has 1 N–H and O–H groups in total. The molecular weight excluding hydrogens is 384 g/mol. The fraction of sp³-hybridized carbons (Fsp3) is 0.458. The van der Waals surface area contributed by atoms with Gasteiger partial charge < -0.3 is 19.1 Å². The minimum atomic E-state index is -0.577. The van der Waals surface area contributed by atoms with Crippen molar-refractivity contribution in [2.75, 3.05) is 0 Å². The average molecular weight is 414 g/mol. The van der Waals surface area contributed by atoms with Crippen molar-refractivity contribution in [3.8, 4) is 11.5 Å². The molecule has 1 aromatic carbocycles. The van der Waals surface area contributed by atoms with Crippen LogP contribution in [-0.2, 0) is 4.79 Å². The summed E-state index contributed by atoms with van der Waals surface area (Å²) in [4.78, 5) is 34.5. The zero-order chi connectivity index (χ0) is 23.1. The fourth-order valence-corrected chi connectivity index (χ4v) is 3.15. The van der Waals surface area contributed by atoms with Crippen LogP contribution in [0.2, 0.25) is 0 Å². The smallest absolute Gasteiger partial charge is 0.339 e. The van der Waals surface area contributed by atoms with Crippen LogP contribution < -0.4 is 10.4 Å². The summed E-state index contributed by atoms with van der Waals surface area (Å²) >= 11 is 0. The maximum absolute atomic E-state index is 12.8. The number of aromatic hydroxyl groups is 1. The van der Waals surface area contributed by atoms with Gasteiger partial charge in [-0.3, -0.25) is 4.79 Å². The first-order chi connectivity index (χ1) is 13.7. The van der Waals surface area contributed by atoms with Gasteiger partial charge in [0.05, 0.1) is 10.9 Å². The lowest BCUT2D eigenvalue weighted by Gasteiger charge is -2.34. The van der Waals surface area contributed by atoms with Crippen LogP contribution in [0.25, 0.3) is 17.0 Å². The van der Waals surface area contributed by atoms with Crippen LogP contribution in [0.15, 0.2) is 14.8 Å². The lowest BCUT2D eigenvalue weighted by atomic mass is 9.87. The molecule has 0 radical (unpaired) electrons. The summed E-state index contributed by atoms with van der Waals surface area (Å²) in [7, 11) is 0. The number of hydrogen-bond acceptors (Lipinski definition) is 6. The molecule has 1 aromatic heterocycles. The molecule has 2 aromatic rings. The molecule has 0 unspecified atom stereocenters. The maximum Gasteiger partial charge on any atom is 0.339 e. The molecular formula is C24H30O6. The second kappa shape index (κ2) is 8.09. The van der Waals surface area contributed by atoms with Crippen LogP contribution in [0.3, 0.4) is 0 Å². The molecule has 6 heteroatoms. The van der Waals surface area contributed by atoms with Gasteiger partial charge in [-0.15, -0.1) is 0 Å². The standard InChI is InChI=1S/C21H24O5.C3H6O/c1-9(2)16(22)15-17(23)13-8-10(3)21(6,7)26-18(13)14-11(4)12(5)20(24)25-19(14)15;1-3(2)4/h8-9,23H,1-7H3;1-2H3. The van der Waals surface area contributed by atoms with Gasteiger partial charge in [0.15, 0.2) is 11.4 Å². The van der Waals surface area contributed by atoms with E-state index in [-0.39, 0.29) is 34.4 Å². The summed E-state index contributed by atoms with van der Waals surface area (Å²) in [6.07, 6.45) is 1.84. The Morgan fingerprint density at radius 1 is 1.07 bits per heavy atom. The third-order valence-corrected chi connectivity index (χ3v) is 5.29. The molecule has 0 saturated carbocycles. The van der Waals surface area contributed by atoms with Crippen LogP contribution >= 0.6 is 0 Å². The molecule has 0 atom stereocenters. The molecule has 3 rings (SSSR count). The third kappa shape index (κ3) is 4.04. The number of phenols is 1. The van der Waals surface area contributed by atoms with E-state index in [1.807, 2.05) is 26.8 Å². The number of benzene rings is 1. The maximum atomic E-state index is 12.8. The highest BCUT2D eigenvalue weighted by atomic mass is 16.5. The van der Waals surface area contributed by atoms with Gasteiger partial charge in [-0.05, 0) is 65.7 Å². The number of ether oxygens (including phenoxy) is 1. The van der Waals surface area contributed by atoms with Crippen LogP contribution in [0.4, 0.5) is 0 Å². The summed E-state index contributed by atoms with van der Waals surface area (Å²) in [6, 6.07) is 0. The van der Waals surface area contributed by atoms with Crippen molar-refractivity contribution < 1.29 is 23.8 Å². The Labute approximate surface area is 176 Å². The molecule has 0 amide bonds. The number of rotatable bonds is 2. The van der Waals surface area contributed by atoms with E-state index in [9.17, 15) is 19.5 Å². The number of phenolic OH excluding ortho intramolecular Hbond substituents is 1. The Kier molecular flexibility index (Phi) is 6.31.